The van der Waals surface area contributed by atoms with Gasteiger partial charge in [0, 0.05) is 4.47 Å². The number of aromatic nitrogens is 1. The van der Waals surface area contributed by atoms with Gasteiger partial charge in [-0.15, -0.1) is 11.3 Å². The van der Waals surface area contributed by atoms with E-state index in [0.717, 1.165) is 0 Å². The van der Waals surface area contributed by atoms with Crippen molar-refractivity contribution in [2.45, 2.75) is 6.43 Å². The molecule has 0 atom stereocenters. The SMILES string of the molecule is O=C(O)c1c(-c2sccc2Br)noc1C(F)F. The molecule has 0 saturated heterocycles. The van der Waals surface area contributed by atoms with Crippen LogP contribution in [0.3, 0.4) is 0 Å². The molecule has 1 N–H and O–H groups in total. The highest BCUT2D eigenvalue weighted by atomic mass is 79.9. The zero-order chi connectivity index (χ0) is 12.6. The molecule has 0 aliphatic rings. The van der Waals surface area contributed by atoms with E-state index in [1.807, 2.05) is 0 Å². The lowest BCUT2D eigenvalue weighted by Crippen LogP contribution is -2.01. The Morgan fingerprint density at radius 3 is 2.76 bits per heavy atom. The Morgan fingerprint density at radius 2 is 2.29 bits per heavy atom. The van der Waals surface area contributed by atoms with E-state index in [1.165, 1.54) is 11.3 Å². The van der Waals surface area contributed by atoms with E-state index in [-0.39, 0.29) is 5.69 Å². The predicted molar refractivity (Wildman–Crippen MR) is 59.4 cm³/mol. The van der Waals surface area contributed by atoms with Crippen LogP contribution in [0.2, 0.25) is 0 Å². The molecular formula is C9H4BrF2NO3S. The molecule has 0 aliphatic carbocycles. The van der Waals surface area contributed by atoms with Crippen molar-refractivity contribution in [3.05, 3.63) is 27.2 Å². The number of alkyl halides is 2. The number of carboxylic acids is 1. The maximum Gasteiger partial charge on any atom is 0.341 e. The van der Waals surface area contributed by atoms with Crippen LogP contribution in [-0.2, 0) is 0 Å². The number of thiophene rings is 1. The summed E-state index contributed by atoms with van der Waals surface area (Å²) in [6.45, 7) is 0. The number of rotatable bonds is 3. The van der Waals surface area contributed by atoms with E-state index >= 15 is 0 Å². The molecule has 0 saturated carbocycles. The van der Waals surface area contributed by atoms with Crippen molar-refractivity contribution in [1.82, 2.24) is 5.16 Å². The molecule has 2 heterocycles. The van der Waals surface area contributed by atoms with Gasteiger partial charge in [0.25, 0.3) is 6.43 Å². The second kappa shape index (κ2) is 4.53. The Balaban J connectivity index is 2.64. The second-order valence-corrected chi connectivity index (χ2v) is 4.74. The van der Waals surface area contributed by atoms with Gasteiger partial charge >= 0.3 is 5.97 Å². The average molecular weight is 324 g/mol. The van der Waals surface area contributed by atoms with Gasteiger partial charge in [0.15, 0.2) is 0 Å². The van der Waals surface area contributed by atoms with E-state index in [2.05, 4.69) is 25.6 Å². The van der Waals surface area contributed by atoms with Crippen molar-refractivity contribution in [1.29, 1.82) is 0 Å². The minimum absolute atomic E-state index is 0.0883. The number of nitrogens with zero attached hydrogens (tertiary/aromatic N) is 1. The van der Waals surface area contributed by atoms with Crippen LogP contribution >= 0.6 is 27.3 Å². The number of carboxylic acid groups (broad SMARTS) is 1. The van der Waals surface area contributed by atoms with E-state index in [4.69, 9.17) is 5.11 Å². The molecule has 17 heavy (non-hydrogen) atoms. The topological polar surface area (TPSA) is 63.3 Å². The molecular weight excluding hydrogens is 320 g/mol. The molecule has 0 radical (unpaired) electrons. The van der Waals surface area contributed by atoms with E-state index in [9.17, 15) is 13.6 Å². The number of hydrogen-bond donors (Lipinski definition) is 1. The number of aromatic carboxylic acids is 1. The van der Waals surface area contributed by atoms with Crippen molar-refractivity contribution >= 4 is 33.2 Å². The zero-order valence-corrected chi connectivity index (χ0v) is 10.4. The van der Waals surface area contributed by atoms with Crippen molar-refractivity contribution in [2.24, 2.45) is 0 Å². The van der Waals surface area contributed by atoms with Crippen molar-refractivity contribution < 1.29 is 23.2 Å². The van der Waals surface area contributed by atoms with Gasteiger partial charge in [-0.25, -0.2) is 13.6 Å². The fourth-order valence-electron chi connectivity index (χ4n) is 1.28. The Kier molecular flexibility index (Phi) is 3.25. The Hall–Kier alpha value is -1.28. The lowest BCUT2D eigenvalue weighted by molar-refractivity contribution is 0.0670. The standard InChI is InChI=1S/C9H4BrF2NO3S/c10-3-1-2-17-7(3)5-4(9(14)15)6(8(11)12)16-13-5/h1-2,8H,(H,14,15). The Bertz CT molecular complexity index is 566. The summed E-state index contributed by atoms with van der Waals surface area (Å²) in [4.78, 5) is 11.4. The van der Waals surface area contributed by atoms with Gasteiger partial charge in [-0.2, -0.15) is 0 Å². The summed E-state index contributed by atoms with van der Waals surface area (Å²) in [6.07, 6.45) is -3.01. The summed E-state index contributed by atoms with van der Waals surface area (Å²) in [5, 5.41) is 14.0. The van der Waals surface area contributed by atoms with Gasteiger partial charge in [-0.1, -0.05) is 5.16 Å². The minimum Gasteiger partial charge on any atom is -0.477 e. The number of hydrogen-bond acceptors (Lipinski definition) is 4. The van der Waals surface area contributed by atoms with Crippen LogP contribution in [0, 0.1) is 0 Å². The molecule has 4 nitrogen and oxygen atoms in total. The second-order valence-electron chi connectivity index (χ2n) is 2.97. The zero-order valence-electron chi connectivity index (χ0n) is 7.99. The normalized spacial score (nSPS) is 11.1. The van der Waals surface area contributed by atoms with Crippen LogP contribution in [0.5, 0.6) is 0 Å². The van der Waals surface area contributed by atoms with Crippen LogP contribution in [0.25, 0.3) is 10.6 Å². The van der Waals surface area contributed by atoms with Crippen LogP contribution in [-0.4, -0.2) is 16.2 Å². The molecule has 2 aromatic heterocycles. The lowest BCUT2D eigenvalue weighted by Gasteiger charge is -1.97. The van der Waals surface area contributed by atoms with E-state index < -0.39 is 23.7 Å². The van der Waals surface area contributed by atoms with Crippen molar-refractivity contribution in [2.75, 3.05) is 0 Å². The first kappa shape index (κ1) is 12.2. The van der Waals surface area contributed by atoms with E-state index in [1.54, 1.807) is 11.4 Å². The highest BCUT2D eigenvalue weighted by Crippen LogP contribution is 2.38. The molecule has 0 aliphatic heterocycles. The molecule has 0 spiro atoms. The summed E-state index contributed by atoms with van der Waals surface area (Å²) in [6, 6.07) is 1.67. The van der Waals surface area contributed by atoms with Crippen LogP contribution in [0.1, 0.15) is 22.5 Å². The highest BCUT2D eigenvalue weighted by molar-refractivity contribution is 9.10. The molecule has 0 fully saturated rings. The van der Waals surface area contributed by atoms with Gasteiger partial charge < -0.3 is 9.63 Å². The maximum absolute atomic E-state index is 12.5. The summed E-state index contributed by atoms with van der Waals surface area (Å²) in [7, 11) is 0. The third-order valence-corrected chi connectivity index (χ3v) is 3.81. The fraction of sp³-hybridized carbons (Fsp3) is 0.111. The van der Waals surface area contributed by atoms with Crippen molar-refractivity contribution in [3.63, 3.8) is 0 Å². The molecule has 2 rings (SSSR count). The van der Waals surface area contributed by atoms with Gasteiger partial charge in [-0.3, -0.25) is 0 Å². The Morgan fingerprint density at radius 1 is 1.59 bits per heavy atom. The molecule has 0 bridgehead atoms. The quantitative estimate of drug-likeness (QED) is 0.933. The number of carbonyl (C=O) groups is 1. The predicted octanol–water partition coefficient (Wildman–Crippen LogP) is 3.80. The molecule has 0 amide bonds. The van der Waals surface area contributed by atoms with Gasteiger partial charge in [0.05, 0.1) is 4.88 Å². The van der Waals surface area contributed by atoms with Crippen LogP contribution in [0.4, 0.5) is 8.78 Å². The molecule has 0 aromatic carbocycles. The van der Waals surface area contributed by atoms with Crippen molar-refractivity contribution in [3.8, 4) is 10.6 Å². The summed E-state index contributed by atoms with van der Waals surface area (Å²) in [5.41, 5.74) is -0.683. The number of halogens is 3. The first-order valence-electron chi connectivity index (χ1n) is 4.26. The summed E-state index contributed by atoms with van der Waals surface area (Å²) >= 11 is 4.36. The highest BCUT2D eigenvalue weighted by Gasteiger charge is 2.30. The fourth-order valence-corrected chi connectivity index (χ4v) is 2.82. The third-order valence-electron chi connectivity index (χ3n) is 1.96. The third kappa shape index (κ3) is 2.09. The van der Waals surface area contributed by atoms with E-state index in [0.29, 0.717) is 9.35 Å². The monoisotopic (exact) mass is 323 g/mol. The van der Waals surface area contributed by atoms with Gasteiger partial charge in [0.2, 0.25) is 5.76 Å². The van der Waals surface area contributed by atoms with Crippen LogP contribution in [0.15, 0.2) is 20.4 Å². The first-order chi connectivity index (χ1) is 8.02. The smallest absolute Gasteiger partial charge is 0.341 e. The Labute approximate surface area is 106 Å². The summed E-state index contributed by atoms with van der Waals surface area (Å²) in [5.74, 6) is -2.41. The molecule has 0 unspecified atom stereocenters. The first-order valence-corrected chi connectivity index (χ1v) is 5.94. The molecule has 2 aromatic rings. The average Bonchev–Trinajstić information content (AvgIpc) is 2.82. The largest absolute Gasteiger partial charge is 0.477 e. The lowest BCUT2D eigenvalue weighted by atomic mass is 10.1. The summed E-state index contributed by atoms with van der Waals surface area (Å²) < 4.78 is 30.1. The maximum atomic E-state index is 12.5. The van der Waals surface area contributed by atoms with Crippen LogP contribution < -0.4 is 0 Å². The molecule has 90 valence electrons. The van der Waals surface area contributed by atoms with Gasteiger partial charge in [-0.05, 0) is 27.4 Å². The molecule has 8 heteroatoms. The van der Waals surface area contributed by atoms with Gasteiger partial charge in [0.1, 0.15) is 11.3 Å². The minimum atomic E-state index is -3.01.